The Morgan fingerprint density at radius 1 is 1.11 bits per heavy atom. The third-order valence-electron chi connectivity index (χ3n) is 7.37. The number of benzene rings is 1. The van der Waals surface area contributed by atoms with Gasteiger partial charge in [-0.05, 0) is 66.8 Å². The van der Waals surface area contributed by atoms with Crippen LogP contribution >= 0.6 is 0 Å². The lowest BCUT2D eigenvalue weighted by molar-refractivity contribution is -0.127. The van der Waals surface area contributed by atoms with Gasteiger partial charge < -0.3 is 10.2 Å². The monoisotopic (exact) mass is 489 g/mol. The molecule has 1 amide bonds. The fraction of sp³-hybridized carbons (Fsp3) is 0.593. The van der Waals surface area contributed by atoms with Crippen LogP contribution in [0.2, 0.25) is 0 Å². The zero-order valence-corrected chi connectivity index (χ0v) is 20.9. The fourth-order valence-corrected chi connectivity index (χ4v) is 5.51. The van der Waals surface area contributed by atoms with Crippen LogP contribution in [-0.4, -0.2) is 47.4 Å². The van der Waals surface area contributed by atoms with Crippen molar-refractivity contribution in [3.63, 3.8) is 0 Å². The van der Waals surface area contributed by atoms with Crippen molar-refractivity contribution >= 4 is 28.3 Å². The molecule has 1 unspecified atom stereocenters. The van der Waals surface area contributed by atoms with Gasteiger partial charge >= 0.3 is 6.18 Å². The van der Waals surface area contributed by atoms with Crippen molar-refractivity contribution in [2.45, 2.75) is 71.4 Å². The van der Waals surface area contributed by atoms with E-state index in [4.69, 9.17) is 4.98 Å². The number of Topliss-reactive ketones (excluding diaryl/α,β-unsaturated/α-hetero) is 1. The third-order valence-corrected chi connectivity index (χ3v) is 7.37. The van der Waals surface area contributed by atoms with Crippen molar-refractivity contribution in [1.82, 2.24) is 9.88 Å². The second kappa shape index (κ2) is 9.43. The number of hydrogen-bond acceptors (Lipinski definition) is 4. The number of rotatable bonds is 4. The molecule has 2 aromatic rings. The van der Waals surface area contributed by atoms with Crippen molar-refractivity contribution in [3.8, 4) is 0 Å². The minimum Gasteiger partial charge on any atom is -0.376 e. The van der Waals surface area contributed by atoms with Gasteiger partial charge in [0.15, 0.2) is 5.78 Å². The summed E-state index contributed by atoms with van der Waals surface area (Å²) in [6.45, 7) is 7.25. The number of piperidine rings is 1. The van der Waals surface area contributed by atoms with Crippen molar-refractivity contribution in [1.29, 1.82) is 0 Å². The van der Waals surface area contributed by atoms with Crippen LogP contribution in [0.25, 0.3) is 10.9 Å². The Kier molecular flexibility index (Phi) is 6.86. The molecule has 0 bridgehead atoms. The highest BCUT2D eigenvalue weighted by Crippen LogP contribution is 2.37. The lowest BCUT2D eigenvalue weighted by Gasteiger charge is -2.33. The lowest BCUT2D eigenvalue weighted by Crippen LogP contribution is -2.46. The number of likely N-dealkylation sites (tertiary alicyclic amines) is 1. The molecule has 1 aromatic heterocycles. The number of ketones is 1. The second-order valence-electron chi connectivity index (χ2n) is 11.1. The summed E-state index contributed by atoms with van der Waals surface area (Å²) in [6, 6.07) is 5.02. The molecule has 1 aromatic carbocycles. The van der Waals surface area contributed by atoms with Crippen LogP contribution in [-0.2, 0) is 10.2 Å². The summed E-state index contributed by atoms with van der Waals surface area (Å²) in [5, 5.41) is 3.18. The van der Waals surface area contributed by atoms with Crippen LogP contribution < -0.4 is 5.32 Å². The summed E-state index contributed by atoms with van der Waals surface area (Å²) < 4.78 is 38.4. The zero-order valence-electron chi connectivity index (χ0n) is 20.9. The van der Waals surface area contributed by atoms with Crippen LogP contribution in [0, 0.1) is 18.8 Å². The number of alkyl halides is 3. The first kappa shape index (κ1) is 25.5. The molecule has 2 heterocycles. The topological polar surface area (TPSA) is 62.3 Å². The fourth-order valence-electron chi connectivity index (χ4n) is 5.51. The molecule has 4 rings (SSSR count). The standard InChI is InChI=1S/C27H34F3N3O2/c1-16-11-22(25(35)33-10-9-19(23(34)14-33)17-7-5-6-8-17)32-24-20(16)12-18(31-15-27(28,29)30)13-21(24)26(2,3)4/h11-13,17,19,31H,5-10,14-15H2,1-4H3. The zero-order chi connectivity index (χ0) is 25.5. The molecule has 1 saturated heterocycles. The van der Waals surface area contributed by atoms with Gasteiger partial charge in [0.2, 0.25) is 0 Å². The number of nitrogens with zero attached hydrogens (tertiary/aromatic N) is 2. The van der Waals surface area contributed by atoms with Crippen LogP contribution in [0.5, 0.6) is 0 Å². The van der Waals surface area contributed by atoms with Gasteiger partial charge in [0.1, 0.15) is 12.2 Å². The number of fused-ring (bicyclic) bond motifs is 1. The number of pyridine rings is 1. The highest BCUT2D eigenvalue weighted by Gasteiger charge is 2.36. The molecule has 8 heteroatoms. The van der Waals surface area contributed by atoms with E-state index in [1.807, 2.05) is 27.7 Å². The first-order chi connectivity index (χ1) is 16.3. The van der Waals surface area contributed by atoms with E-state index in [0.717, 1.165) is 24.0 Å². The molecule has 0 radical (unpaired) electrons. The molecular formula is C27H34F3N3O2. The Morgan fingerprint density at radius 2 is 1.80 bits per heavy atom. The van der Waals surface area contributed by atoms with E-state index in [1.54, 1.807) is 23.1 Å². The van der Waals surface area contributed by atoms with Gasteiger partial charge in [-0.25, -0.2) is 4.98 Å². The van der Waals surface area contributed by atoms with Gasteiger partial charge in [-0.3, -0.25) is 9.59 Å². The molecule has 2 fully saturated rings. The van der Waals surface area contributed by atoms with Crippen molar-refractivity contribution < 1.29 is 22.8 Å². The normalized spacial score (nSPS) is 20.0. The van der Waals surface area contributed by atoms with E-state index in [0.29, 0.717) is 35.5 Å². The Balaban J connectivity index is 1.64. The van der Waals surface area contributed by atoms with Crippen LogP contribution in [0.3, 0.4) is 0 Å². The highest BCUT2D eigenvalue weighted by atomic mass is 19.4. The molecular weight excluding hydrogens is 455 g/mol. The number of aromatic nitrogens is 1. The van der Waals surface area contributed by atoms with Gasteiger partial charge in [0.25, 0.3) is 5.91 Å². The maximum Gasteiger partial charge on any atom is 0.405 e. The maximum absolute atomic E-state index is 13.4. The number of hydrogen-bond donors (Lipinski definition) is 1. The molecule has 2 aliphatic rings. The Bertz CT molecular complexity index is 1130. The van der Waals surface area contributed by atoms with Gasteiger partial charge in [-0.15, -0.1) is 0 Å². The molecule has 5 nitrogen and oxygen atoms in total. The average molecular weight is 490 g/mol. The Labute approximate surface area is 204 Å². The first-order valence-corrected chi connectivity index (χ1v) is 12.4. The smallest absolute Gasteiger partial charge is 0.376 e. The lowest BCUT2D eigenvalue weighted by atomic mass is 9.82. The Morgan fingerprint density at radius 3 is 2.40 bits per heavy atom. The predicted molar refractivity (Wildman–Crippen MR) is 131 cm³/mol. The largest absolute Gasteiger partial charge is 0.405 e. The van der Waals surface area contributed by atoms with Crippen LogP contribution in [0.4, 0.5) is 18.9 Å². The minimum absolute atomic E-state index is 0.0583. The van der Waals surface area contributed by atoms with E-state index in [1.165, 1.54) is 12.8 Å². The summed E-state index contributed by atoms with van der Waals surface area (Å²) in [7, 11) is 0. The number of nitrogens with one attached hydrogen (secondary N) is 1. The SMILES string of the molecule is Cc1cc(C(=O)N2CCC(C3CCCC3)C(=O)C2)nc2c(C(C)(C)C)cc(NCC(F)(F)F)cc12. The van der Waals surface area contributed by atoms with Crippen LogP contribution in [0.15, 0.2) is 18.2 Å². The van der Waals surface area contributed by atoms with Gasteiger partial charge in [0.05, 0.1) is 12.1 Å². The molecule has 35 heavy (non-hydrogen) atoms. The van der Waals surface area contributed by atoms with Crippen LogP contribution in [0.1, 0.15) is 74.5 Å². The number of anilines is 1. The highest BCUT2D eigenvalue weighted by molar-refractivity contribution is 6.00. The minimum atomic E-state index is -4.33. The summed E-state index contributed by atoms with van der Waals surface area (Å²) in [6.07, 6.45) is 0.935. The summed E-state index contributed by atoms with van der Waals surface area (Å²) >= 11 is 0. The van der Waals surface area contributed by atoms with Gasteiger partial charge in [-0.1, -0.05) is 33.6 Å². The van der Waals surface area contributed by atoms with Crippen molar-refractivity contribution in [3.05, 3.63) is 35.0 Å². The quantitative estimate of drug-likeness (QED) is 0.569. The number of amides is 1. The molecule has 0 spiro atoms. The summed E-state index contributed by atoms with van der Waals surface area (Å²) in [4.78, 5) is 32.5. The van der Waals surface area contributed by atoms with Crippen molar-refractivity contribution in [2.75, 3.05) is 25.0 Å². The third kappa shape index (κ3) is 5.62. The molecule has 1 saturated carbocycles. The Hall–Kier alpha value is -2.64. The predicted octanol–water partition coefficient (Wildman–Crippen LogP) is 6.04. The first-order valence-electron chi connectivity index (χ1n) is 12.4. The number of aryl methyl sites for hydroxylation is 1. The maximum atomic E-state index is 13.4. The molecule has 1 aliphatic heterocycles. The van der Waals surface area contributed by atoms with Crippen molar-refractivity contribution in [2.24, 2.45) is 11.8 Å². The van der Waals surface area contributed by atoms with E-state index in [2.05, 4.69) is 5.32 Å². The van der Waals surface area contributed by atoms with E-state index >= 15 is 0 Å². The molecule has 1 N–H and O–H groups in total. The molecule has 1 atom stereocenters. The summed E-state index contributed by atoms with van der Waals surface area (Å²) in [5.74, 6) is 0.385. The van der Waals surface area contributed by atoms with E-state index in [9.17, 15) is 22.8 Å². The molecule has 1 aliphatic carbocycles. The summed E-state index contributed by atoms with van der Waals surface area (Å²) in [5.41, 5.74) is 2.34. The number of halogens is 3. The number of carbonyl (C=O) groups excluding carboxylic acids is 2. The second-order valence-corrected chi connectivity index (χ2v) is 11.1. The van der Waals surface area contributed by atoms with Gasteiger partial charge in [-0.2, -0.15) is 13.2 Å². The molecule has 190 valence electrons. The van der Waals surface area contributed by atoms with E-state index < -0.39 is 18.1 Å². The number of carbonyl (C=O) groups is 2. The van der Waals surface area contributed by atoms with Gasteiger partial charge in [0, 0.05) is 23.5 Å². The average Bonchev–Trinajstić information content (AvgIpc) is 3.30. The van der Waals surface area contributed by atoms with E-state index in [-0.39, 0.29) is 29.8 Å².